The molecular formula is C38H35NO3. The fourth-order valence-electron chi connectivity index (χ4n) is 6.26. The minimum Gasteiger partial charge on any atom is -0.456 e. The number of nitrogens with one attached hydrogen (secondary N) is 1. The highest BCUT2D eigenvalue weighted by Gasteiger charge is 2.54. The van der Waals surface area contributed by atoms with Crippen molar-refractivity contribution in [3.05, 3.63) is 130 Å². The van der Waals surface area contributed by atoms with Gasteiger partial charge < -0.3 is 14.8 Å². The lowest BCUT2D eigenvalue weighted by molar-refractivity contribution is 0.0229. The van der Waals surface area contributed by atoms with Crippen LogP contribution in [0.1, 0.15) is 79.7 Å². The van der Waals surface area contributed by atoms with Crippen LogP contribution in [-0.2, 0) is 21.2 Å². The van der Waals surface area contributed by atoms with Crippen LogP contribution in [0.25, 0.3) is 10.8 Å². The zero-order chi connectivity index (χ0) is 29.4. The van der Waals surface area contributed by atoms with Gasteiger partial charge in [0.05, 0.1) is 11.1 Å². The number of carbonyl (C=O) groups is 1. The molecule has 1 atom stereocenters. The lowest BCUT2D eigenvalue weighted by Crippen LogP contribution is -2.33. The van der Waals surface area contributed by atoms with Crippen LogP contribution in [0.3, 0.4) is 0 Å². The Morgan fingerprint density at radius 3 is 2.07 bits per heavy atom. The van der Waals surface area contributed by atoms with E-state index in [9.17, 15) is 4.79 Å². The maximum atomic E-state index is 13.4. The van der Waals surface area contributed by atoms with Crippen molar-refractivity contribution in [2.24, 2.45) is 0 Å². The second kappa shape index (κ2) is 8.96. The van der Waals surface area contributed by atoms with Crippen molar-refractivity contribution in [1.29, 1.82) is 0 Å². The third kappa shape index (κ3) is 4.00. The second-order valence-corrected chi connectivity index (χ2v) is 13.5. The van der Waals surface area contributed by atoms with Gasteiger partial charge in [0, 0.05) is 28.6 Å². The maximum absolute atomic E-state index is 13.4. The highest BCUT2D eigenvalue weighted by atomic mass is 16.6. The Morgan fingerprint density at radius 2 is 1.33 bits per heavy atom. The molecule has 0 radical (unpaired) electrons. The van der Waals surface area contributed by atoms with E-state index in [1.54, 1.807) is 0 Å². The van der Waals surface area contributed by atoms with E-state index < -0.39 is 5.60 Å². The van der Waals surface area contributed by atoms with E-state index in [1.165, 1.54) is 11.1 Å². The zero-order valence-corrected chi connectivity index (χ0v) is 25.0. The number of benzene rings is 5. The number of hydrogen-bond donors (Lipinski definition) is 1. The third-order valence-electron chi connectivity index (χ3n) is 8.55. The topological polar surface area (TPSA) is 47.6 Å². The molecule has 7 rings (SSSR count). The average Bonchev–Trinajstić information content (AvgIpc) is 3.24. The summed E-state index contributed by atoms with van der Waals surface area (Å²) < 4.78 is 13.1. The van der Waals surface area contributed by atoms with Crippen LogP contribution in [-0.4, -0.2) is 5.97 Å². The maximum Gasteiger partial charge on any atom is 0.340 e. The highest BCUT2D eigenvalue weighted by Crippen LogP contribution is 2.58. The summed E-state index contributed by atoms with van der Waals surface area (Å²) in [6.07, 6.45) is 0. The number of rotatable bonds is 2. The van der Waals surface area contributed by atoms with Gasteiger partial charge in [-0.05, 0) is 69.1 Å². The first-order valence-electron chi connectivity index (χ1n) is 14.6. The van der Waals surface area contributed by atoms with Crippen LogP contribution in [0.2, 0.25) is 0 Å². The van der Waals surface area contributed by atoms with Crippen LogP contribution in [0.4, 0.5) is 11.4 Å². The average molecular weight is 554 g/mol. The minimum absolute atomic E-state index is 0.00919. The first-order chi connectivity index (χ1) is 19.9. The molecule has 4 nitrogen and oxygen atoms in total. The van der Waals surface area contributed by atoms with Gasteiger partial charge in [-0.3, -0.25) is 0 Å². The van der Waals surface area contributed by atoms with E-state index in [-0.39, 0.29) is 16.8 Å². The highest BCUT2D eigenvalue weighted by molar-refractivity contribution is 6.00. The van der Waals surface area contributed by atoms with E-state index >= 15 is 0 Å². The molecule has 1 N–H and O–H groups in total. The van der Waals surface area contributed by atoms with Crippen LogP contribution in [0.15, 0.2) is 97.1 Å². The summed E-state index contributed by atoms with van der Waals surface area (Å²) in [7, 11) is 0. The van der Waals surface area contributed by atoms with Gasteiger partial charge in [-0.1, -0.05) is 96.1 Å². The Morgan fingerprint density at radius 1 is 0.643 bits per heavy atom. The van der Waals surface area contributed by atoms with Crippen LogP contribution < -0.4 is 10.1 Å². The van der Waals surface area contributed by atoms with E-state index in [1.807, 2.05) is 54.6 Å². The van der Waals surface area contributed by atoms with Crippen molar-refractivity contribution in [2.45, 2.75) is 58.0 Å². The third-order valence-corrected chi connectivity index (χ3v) is 8.55. The molecule has 0 aromatic heterocycles. The van der Waals surface area contributed by atoms with Crippen LogP contribution >= 0.6 is 0 Å². The standard InChI is InChI=1S/C38H35NO3/c1-36(2,3)24-19-25(37(4,5)6)21-27(20-24)39-26-16-17-31-33(22-26)41-32-18-15-23-11-7-8-12-28(23)34(32)38(31)30-14-10-9-13-29(30)35(40)42-38/h7-22,39H,1-6H3. The first-order valence-corrected chi connectivity index (χ1v) is 14.6. The number of hydrogen-bond acceptors (Lipinski definition) is 4. The predicted molar refractivity (Wildman–Crippen MR) is 169 cm³/mol. The smallest absolute Gasteiger partial charge is 0.340 e. The summed E-state index contributed by atoms with van der Waals surface area (Å²) >= 11 is 0. The Hall–Kier alpha value is -4.57. The molecule has 1 unspecified atom stereocenters. The lowest BCUT2D eigenvalue weighted by Gasteiger charge is -2.37. The summed E-state index contributed by atoms with van der Waals surface area (Å²) in [6.45, 7) is 13.5. The van der Waals surface area contributed by atoms with Gasteiger partial charge in [-0.15, -0.1) is 0 Å². The molecule has 42 heavy (non-hydrogen) atoms. The molecule has 210 valence electrons. The van der Waals surface area contributed by atoms with Gasteiger partial charge in [0.25, 0.3) is 0 Å². The van der Waals surface area contributed by atoms with E-state index in [0.29, 0.717) is 17.1 Å². The molecule has 4 heteroatoms. The Kier molecular flexibility index (Phi) is 5.62. The molecule has 0 aliphatic carbocycles. The fraction of sp³-hybridized carbons (Fsp3) is 0.237. The van der Waals surface area contributed by atoms with Crippen molar-refractivity contribution in [2.75, 3.05) is 5.32 Å². The van der Waals surface area contributed by atoms with Gasteiger partial charge in [0.2, 0.25) is 0 Å². The second-order valence-electron chi connectivity index (χ2n) is 13.5. The fourth-order valence-corrected chi connectivity index (χ4v) is 6.26. The SMILES string of the molecule is CC(C)(C)c1cc(Nc2ccc3c(c2)Oc2ccc4ccccc4c2C32OC(=O)c3ccccc32)cc(C(C)(C)C)c1. The largest absolute Gasteiger partial charge is 0.456 e. The monoisotopic (exact) mass is 553 g/mol. The summed E-state index contributed by atoms with van der Waals surface area (Å²) in [4.78, 5) is 13.4. The summed E-state index contributed by atoms with van der Waals surface area (Å²) in [6, 6.07) is 32.8. The van der Waals surface area contributed by atoms with Crippen molar-refractivity contribution in [3.8, 4) is 11.5 Å². The van der Waals surface area contributed by atoms with Gasteiger partial charge in [-0.2, -0.15) is 0 Å². The number of anilines is 2. The molecule has 0 saturated carbocycles. The number of ether oxygens (including phenoxy) is 2. The van der Waals surface area contributed by atoms with Gasteiger partial charge >= 0.3 is 5.97 Å². The molecule has 0 amide bonds. The van der Waals surface area contributed by atoms with Crippen LogP contribution in [0, 0.1) is 0 Å². The molecule has 2 aliphatic heterocycles. The molecule has 5 aromatic rings. The minimum atomic E-state index is -1.11. The summed E-state index contributed by atoms with van der Waals surface area (Å²) in [5, 5.41) is 5.72. The molecular weight excluding hydrogens is 518 g/mol. The number of esters is 1. The predicted octanol–water partition coefficient (Wildman–Crippen LogP) is 9.75. The van der Waals surface area contributed by atoms with Crippen molar-refractivity contribution >= 4 is 28.1 Å². The molecule has 0 bridgehead atoms. The van der Waals surface area contributed by atoms with E-state index in [4.69, 9.17) is 9.47 Å². The molecule has 0 fully saturated rings. The molecule has 2 heterocycles. The Bertz CT molecular complexity index is 1870. The van der Waals surface area contributed by atoms with Crippen molar-refractivity contribution in [3.63, 3.8) is 0 Å². The molecule has 2 aliphatic rings. The molecule has 1 spiro atoms. The zero-order valence-electron chi connectivity index (χ0n) is 25.0. The first kappa shape index (κ1) is 26.3. The number of carbonyl (C=O) groups excluding carboxylic acids is 1. The quantitative estimate of drug-likeness (QED) is 0.221. The van der Waals surface area contributed by atoms with Gasteiger partial charge in [0.15, 0.2) is 5.60 Å². The molecule has 0 saturated heterocycles. The Balaban J connectivity index is 1.40. The summed E-state index contributed by atoms with van der Waals surface area (Å²) in [5.74, 6) is 1.02. The van der Waals surface area contributed by atoms with Crippen LogP contribution in [0.5, 0.6) is 11.5 Å². The van der Waals surface area contributed by atoms with Gasteiger partial charge in [-0.25, -0.2) is 4.79 Å². The summed E-state index contributed by atoms with van der Waals surface area (Å²) in [5.41, 5.74) is 6.49. The number of fused-ring (bicyclic) bond motifs is 8. The lowest BCUT2D eigenvalue weighted by atomic mass is 9.76. The van der Waals surface area contributed by atoms with E-state index in [2.05, 4.69) is 89.3 Å². The van der Waals surface area contributed by atoms with Crippen molar-refractivity contribution in [1.82, 2.24) is 0 Å². The van der Waals surface area contributed by atoms with Crippen molar-refractivity contribution < 1.29 is 14.3 Å². The van der Waals surface area contributed by atoms with E-state index in [0.717, 1.165) is 38.8 Å². The van der Waals surface area contributed by atoms with Gasteiger partial charge in [0.1, 0.15) is 11.5 Å². The normalized spacial score (nSPS) is 17.3. The Labute approximate surface area is 247 Å². The molecule has 5 aromatic carbocycles.